The zero-order chi connectivity index (χ0) is 14.8. The minimum absolute atomic E-state index is 0.0418. The van der Waals surface area contributed by atoms with Crippen LogP contribution in [-0.4, -0.2) is 41.1 Å². The van der Waals surface area contributed by atoms with Crippen LogP contribution in [0.4, 0.5) is 22.5 Å². The van der Waals surface area contributed by atoms with E-state index in [0.717, 1.165) is 31.3 Å². The molecule has 3 heterocycles. The predicted molar refractivity (Wildman–Crippen MR) is 81.8 cm³/mol. The van der Waals surface area contributed by atoms with E-state index in [9.17, 15) is 10.1 Å². The van der Waals surface area contributed by atoms with Gasteiger partial charge in [0.25, 0.3) is 0 Å². The number of thiazole rings is 1. The molecule has 1 aliphatic heterocycles. The molecular formula is C12H14N6O2S. The van der Waals surface area contributed by atoms with E-state index in [1.807, 2.05) is 5.38 Å². The zero-order valence-corrected chi connectivity index (χ0v) is 12.0. The Morgan fingerprint density at radius 1 is 1.24 bits per heavy atom. The summed E-state index contributed by atoms with van der Waals surface area (Å²) in [5.41, 5.74) is 5.48. The molecule has 0 atom stereocenters. The van der Waals surface area contributed by atoms with Gasteiger partial charge in [0, 0.05) is 43.8 Å². The Morgan fingerprint density at radius 2 is 1.95 bits per heavy atom. The van der Waals surface area contributed by atoms with Crippen molar-refractivity contribution in [2.45, 2.75) is 0 Å². The highest BCUT2D eigenvalue weighted by atomic mass is 32.1. The lowest BCUT2D eigenvalue weighted by Crippen LogP contribution is -2.46. The highest BCUT2D eigenvalue weighted by molar-refractivity contribution is 7.13. The minimum Gasteiger partial charge on any atom is -0.378 e. The Hall–Kier alpha value is -2.42. The molecule has 1 aliphatic rings. The van der Waals surface area contributed by atoms with Crippen molar-refractivity contribution in [3.63, 3.8) is 0 Å². The number of nitrogens with zero attached hydrogens (tertiary/aromatic N) is 5. The molecule has 0 aromatic carbocycles. The van der Waals surface area contributed by atoms with Gasteiger partial charge < -0.3 is 15.5 Å². The van der Waals surface area contributed by atoms with Gasteiger partial charge in [-0.1, -0.05) is 0 Å². The topological polar surface area (TPSA) is 101 Å². The van der Waals surface area contributed by atoms with Gasteiger partial charge in [-0.25, -0.2) is 9.97 Å². The Kier molecular flexibility index (Phi) is 3.57. The van der Waals surface area contributed by atoms with Crippen LogP contribution in [0.25, 0.3) is 0 Å². The minimum atomic E-state index is -0.521. The third kappa shape index (κ3) is 2.72. The average Bonchev–Trinajstić information content (AvgIpc) is 3.01. The van der Waals surface area contributed by atoms with Crippen molar-refractivity contribution in [3.8, 4) is 0 Å². The Labute approximate surface area is 125 Å². The van der Waals surface area contributed by atoms with E-state index in [2.05, 4.69) is 19.8 Å². The summed E-state index contributed by atoms with van der Waals surface area (Å²) in [5.74, 6) is 0.636. The first-order valence-electron chi connectivity index (χ1n) is 6.45. The molecule has 21 heavy (non-hydrogen) atoms. The van der Waals surface area contributed by atoms with Gasteiger partial charge in [0.15, 0.2) is 5.13 Å². The van der Waals surface area contributed by atoms with Crippen molar-refractivity contribution in [2.24, 2.45) is 0 Å². The Bertz CT molecular complexity index is 639. The van der Waals surface area contributed by atoms with E-state index in [4.69, 9.17) is 5.73 Å². The third-order valence-corrected chi connectivity index (χ3v) is 4.21. The number of hydrogen-bond acceptors (Lipinski definition) is 8. The van der Waals surface area contributed by atoms with Crippen LogP contribution in [0.2, 0.25) is 0 Å². The van der Waals surface area contributed by atoms with Gasteiger partial charge in [-0.3, -0.25) is 10.1 Å². The summed E-state index contributed by atoms with van der Waals surface area (Å²) >= 11 is 1.62. The van der Waals surface area contributed by atoms with E-state index in [-0.39, 0.29) is 11.5 Å². The fourth-order valence-corrected chi connectivity index (χ4v) is 2.98. The molecule has 8 nitrogen and oxygen atoms in total. The average molecular weight is 306 g/mol. The van der Waals surface area contributed by atoms with E-state index in [1.54, 1.807) is 23.6 Å². The van der Waals surface area contributed by atoms with Crippen LogP contribution in [0.5, 0.6) is 0 Å². The van der Waals surface area contributed by atoms with E-state index in [0.29, 0.717) is 5.82 Å². The van der Waals surface area contributed by atoms with Crippen LogP contribution in [0.1, 0.15) is 0 Å². The molecule has 2 aromatic rings. The van der Waals surface area contributed by atoms with Crippen molar-refractivity contribution >= 4 is 33.8 Å². The number of piperazine rings is 1. The maximum Gasteiger partial charge on any atom is 0.311 e. The smallest absolute Gasteiger partial charge is 0.311 e. The second-order valence-electron chi connectivity index (χ2n) is 4.62. The maximum atomic E-state index is 10.7. The SMILES string of the molecule is Nc1nc(N2CCN(c3nccs3)CC2)ccc1[N+](=O)[O-]. The van der Waals surface area contributed by atoms with Crippen molar-refractivity contribution in [1.29, 1.82) is 0 Å². The number of anilines is 3. The quantitative estimate of drug-likeness (QED) is 0.674. The normalized spacial score (nSPS) is 15.2. The second kappa shape index (κ2) is 5.52. The van der Waals surface area contributed by atoms with E-state index >= 15 is 0 Å². The lowest BCUT2D eigenvalue weighted by molar-refractivity contribution is -0.384. The van der Waals surface area contributed by atoms with Gasteiger partial charge in [0.05, 0.1) is 4.92 Å². The monoisotopic (exact) mass is 306 g/mol. The molecular weight excluding hydrogens is 292 g/mol. The summed E-state index contributed by atoms with van der Waals surface area (Å²) in [5, 5.41) is 13.7. The van der Waals surface area contributed by atoms with Gasteiger partial charge in [0.1, 0.15) is 5.82 Å². The fraction of sp³-hybridized carbons (Fsp3) is 0.333. The molecule has 0 spiro atoms. The third-order valence-electron chi connectivity index (χ3n) is 3.38. The van der Waals surface area contributed by atoms with E-state index < -0.39 is 4.92 Å². The largest absolute Gasteiger partial charge is 0.378 e. The first-order chi connectivity index (χ1) is 10.1. The van der Waals surface area contributed by atoms with Crippen LogP contribution in [0, 0.1) is 10.1 Å². The summed E-state index contributed by atoms with van der Waals surface area (Å²) in [6.07, 6.45) is 1.80. The lowest BCUT2D eigenvalue weighted by atomic mass is 10.3. The molecule has 0 radical (unpaired) electrons. The second-order valence-corrected chi connectivity index (χ2v) is 5.49. The zero-order valence-electron chi connectivity index (χ0n) is 11.2. The van der Waals surface area contributed by atoms with Crippen LogP contribution in [0.15, 0.2) is 23.7 Å². The van der Waals surface area contributed by atoms with Gasteiger partial charge in [0.2, 0.25) is 5.82 Å². The first-order valence-corrected chi connectivity index (χ1v) is 7.33. The number of rotatable bonds is 3. The summed E-state index contributed by atoms with van der Waals surface area (Å²) in [6, 6.07) is 3.05. The van der Waals surface area contributed by atoms with Crippen molar-refractivity contribution in [2.75, 3.05) is 41.7 Å². The molecule has 3 rings (SSSR count). The molecule has 0 bridgehead atoms. The highest BCUT2D eigenvalue weighted by Crippen LogP contribution is 2.25. The summed E-state index contributed by atoms with van der Waals surface area (Å²) in [6.45, 7) is 3.24. The molecule has 0 amide bonds. The Morgan fingerprint density at radius 3 is 2.52 bits per heavy atom. The van der Waals surface area contributed by atoms with Crippen LogP contribution >= 0.6 is 11.3 Å². The molecule has 1 fully saturated rings. The molecule has 0 aliphatic carbocycles. The molecule has 110 valence electrons. The standard InChI is InChI=1S/C12H14N6O2S/c13-11-9(18(19)20)1-2-10(15-11)16-4-6-17(7-5-16)12-14-3-8-21-12/h1-3,8H,4-7H2,(H2,13,15). The lowest BCUT2D eigenvalue weighted by Gasteiger charge is -2.35. The van der Waals surface area contributed by atoms with Crippen LogP contribution in [0.3, 0.4) is 0 Å². The summed E-state index contributed by atoms with van der Waals surface area (Å²) in [4.78, 5) is 22.9. The number of nitro groups is 1. The van der Waals surface area contributed by atoms with Crippen molar-refractivity contribution in [3.05, 3.63) is 33.8 Å². The number of pyridine rings is 1. The fourth-order valence-electron chi connectivity index (χ4n) is 2.29. The van der Waals surface area contributed by atoms with Crippen LogP contribution in [-0.2, 0) is 0 Å². The molecule has 9 heteroatoms. The number of nitrogens with two attached hydrogens (primary N) is 1. The molecule has 2 aromatic heterocycles. The summed E-state index contributed by atoms with van der Waals surface area (Å²) < 4.78 is 0. The molecule has 1 saturated heterocycles. The van der Waals surface area contributed by atoms with Gasteiger partial charge >= 0.3 is 5.69 Å². The van der Waals surface area contributed by atoms with Gasteiger partial charge in [-0.05, 0) is 6.07 Å². The number of aromatic nitrogens is 2. The Balaban J connectivity index is 1.69. The van der Waals surface area contributed by atoms with Crippen molar-refractivity contribution in [1.82, 2.24) is 9.97 Å². The highest BCUT2D eigenvalue weighted by Gasteiger charge is 2.21. The number of nitrogen functional groups attached to an aromatic ring is 1. The summed E-state index contributed by atoms with van der Waals surface area (Å²) in [7, 11) is 0. The predicted octanol–water partition coefficient (Wildman–Crippen LogP) is 1.36. The maximum absolute atomic E-state index is 10.7. The van der Waals surface area contributed by atoms with E-state index in [1.165, 1.54) is 6.07 Å². The number of hydrogen-bond donors (Lipinski definition) is 1. The molecule has 0 unspecified atom stereocenters. The molecule has 2 N–H and O–H groups in total. The van der Waals surface area contributed by atoms with Gasteiger partial charge in [-0.15, -0.1) is 11.3 Å². The van der Waals surface area contributed by atoms with Crippen molar-refractivity contribution < 1.29 is 4.92 Å². The van der Waals surface area contributed by atoms with Gasteiger partial charge in [-0.2, -0.15) is 0 Å². The first kappa shape index (κ1) is 13.6. The molecule has 0 saturated carbocycles. The van der Waals surface area contributed by atoms with Crippen LogP contribution < -0.4 is 15.5 Å².